The first-order valence-corrected chi connectivity index (χ1v) is 27.3. The summed E-state index contributed by atoms with van der Waals surface area (Å²) < 4.78 is 0. The van der Waals surface area contributed by atoms with Crippen LogP contribution in [-0.4, -0.2) is 46.1 Å². The highest BCUT2D eigenvalue weighted by Gasteiger charge is 2.22. The number of carbonyl (C=O) groups excluding carboxylic acids is 1. The third-order valence-corrected chi connectivity index (χ3v) is 12.7. The minimum absolute atomic E-state index is 0.379. The smallest absolute Gasteiger partial charge is 0.249 e. The number of hydrogen-bond donors (Lipinski definition) is 4. The van der Waals surface area contributed by atoms with Crippen LogP contribution >= 0.6 is 0 Å². The largest absolute Gasteiger partial charge is 0.394 e. The van der Waals surface area contributed by atoms with E-state index < -0.39 is 24.2 Å². The average molecular weight is 858 g/mol. The molecule has 360 valence electrons. The number of hydrogen-bond acceptors (Lipinski definition) is 4. The molecule has 0 aromatic heterocycles. The molecular weight excluding hydrogens is 751 g/mol. The molecule has 4 N–H and O–H groups in total. The highest BCUT2D eigenvalue weighted by Crippen LogP contribution is 2.17. The normalized spacial score (nSPS) is 13.6. The van der Waals surface area contributed by atoms with Crippen LogP contribution in [0.1, 0.15) is 290 Å². The van der Waals surface area contributed by atoms with Gasteiger partial charge in [-0.25, -0.2) is 0 Å². The lowest BCUT2D eigenvalue weighted by atomic mass is 10.0. The molecule has 0 aliphatic heterocycles. The number of aliphatic hydroxyl groups excluding tert-OH is 3. The lowest BCUT2D eigenvalue weighted by Gasteiger charge is -2.21. The fourth-order valence-corrected chi connectivity index (χ4v) is 8.46. The van der Waals surface area contributed by atoms with Crippen molar-refractivity contribution in [3.05, 3.63) is 36.5 Å². The maximum absolute atomic E-state index is 12.5. The van der Waals surface area contributed by atoms with E-state index in [-0.39, 0.29) is 6.61 Å². The highest BCUT2D eigenvalue weighted by molar-refractivity contribution is 5.80. The van der Waals surface area contributed by atoms with Crippen molar-refractivity contribution in [2.45, 2.75) is 308 Å². The number of carbonyl (C=O) groups is 1. The Morgan fingerprint density at radius 2 is 0.672 bits per heavy atom. The van der Waals surface area contributed by atoms with E-state index in [1.54, 1.807) is 6.08 Å². The zero-order chi connectivity index (χ0) is 44.4. The Labute approximate surface area is 381 Å². The first kappa shape index (κ1) is 59.6. The molecule has 0 aliphatic carbocycles. The topological polar surface area (TPSA) is 89.8 Å². The summed E-state index contributed by atoms with van der Waals surface area (Å²) in [5, 5.41) is 33.3. The summed E-state index contributed by atoms with van der Waals surface area (Å²) in [7, 11) is 0. The maximum Gasteiger partial charge on any atom is 0.249 e. The summed E-state index contributed by atoms with van der Waals surface area (Å²) in [6.07, 6.45) is 66.5. The maximum atomic E-state index is 12.5. The van der Waals surface area contributed by atoms with E-state index in [1.807, 2.05) is 6.08 Å². The van der Waals surface area contributed by atoms with E-state index in [4.69, 9.17) is 0 Å². The third-order valence-electron chi connectivity index (χ3n) is 12.7. The molecule has 3 unspecified atom stereocenters. The van der Waals surface area contributed by atoms with Gasteiger partial charge in [0.15, 0.2) is 0 Å². The summed E-state index contributed by atoms with van der Waals surface area (Å²) in [5.41, 5.74) is 0. The third kappa shape index (κ3) is 46.4. The van der Waals surface area contributed by atoms with Crippen LogP contribution in [0, 0.1) is 0 Å². The van der Waals surface area contributed by atoms with Gasteiger partial charge in [-0.3, -0.25) is 4.79 Å². The van der Waals surface area contributed by atoms with Gasteiger partial charge in [0.05, 0.1) is 18.8 Å². The Hall–Kier alpha value is -1.43. The molecule has 0 bridgehead atoms. The molecule has 3 atom stereocenters. The van der Waals surface area contributed by atoms with Gasteiger partial charge in [0.25, 0.3) is 0 Å². The van der Waals surface area contributed by atoms with Gasteiger partial charge in [0.1, 0.15) is 6.10 Å². The first-order chi connectivity index (χ1) is 30.1. The van der Waals surface area contributed by atoms with Crippen LogP contribution < -0.4 is 5.32 Å². The Morgan fingerprint density at radius 3 is 1.00 bits per heavy atom. The fraction of sp³-hybridized carbons (Fsp3) is 0.875. The van der Waals surface area contributed by atoms with Gasteiger partial charge in [-0.15, -0.1) is 0 Å². The molecule has 0 heterocycles. The van der Waals surface area contributed by atoms with E-state index in [9.17, 15) is 20.1 Å². The Morgan fingerprint density at radius 1 is 0.393 bits per heavy atom. The molecule has 0 radical (unpaired) electrons. The van der Waals surface area contributed by atoms with E-state index in [1.165, 1.54) is 225 Å². The lowest BCUT2D eigenvalue weighted by molar-refractivity contribution is -0.131. The monoisotopic (exact) mass is 858 g/mol. The number of amides is 1. The molecule has 5 heteroatoms. The summed E-state index contributed by atoms with van der Waals surface area (Å²) >= 11 is 0. The number of rotatable bonds is 50. The molecule has 61 heavy (non-hydrogen) atoms. The van der Waals surface area contributed by atoms with E-state index >= 15 is 0 Å². The second kappa shape index (κ2) is 51.2. The highest BCUT2D eigenvalue weighted by atomic mass is 16.3. The zero-order valence-corrected chi connectivity index (χ0v) is 41.1. The lowest BCUT2D eigenvalue weighted by Crippen LogP contribution is -2.48. The molecule has 0 rings (SSSR count). The minimum Gasteiger partial charge on any atom is -0.394 e. The van der Waals surface area contributed by atoms with Crippen molar-refractivity contribution >= 4 is 5.91 Å². The summed E-state index contributed by atoms with van der Waals surface area (Å²) in [4.78, 5) is 12.5. The van der Waals surface area contributed by atoms with Gasteiger partial charge in [0.2, 0.25) is 5.91 Å². The zero-order valence-electron chi connectivity index (χ0n) is 41.1. The predicted octanol–water partition coefficient (Wildman–Crippen LogP) is 16.7. The van der Waals surface area contributed by atoms with Crippen LogP contribution in [0.4, 0.5) is 0 Å². The molecular formula is C56H107NO4. The van der Waals surface area contributed by atoms with Gasteiger partial charge in [0, 0.05) is 0 Å². The van der Waals surface area contributed by atoms with Crippen molar-refractivity contribution in [2.75, 3.05) is 6.61 Å². The standard InChI is InChI=1S/C56H107NO4/c1-3-5-7-9-11-13-15-17-19-21-23-25-27-29-30-32-34-36-38-40-42-44-46-48-50-54(59)53(52-58)57-56(61)55(60)51-49-47-45-43-41-39-37-35-33-31-28-26-24-22-20-18-16-14-12-10-8-6-4-2/h32,34,40,42,48,50,53-55,58-60H,3-31,33,35-39,41,43-47,49,51-52H2,1-2H3,(H,57,61)/b34-32+,42-40+,50-48+. The molecule has 1 amide bonds. The van der Waals surface area contributed by atoms with E-state index in [2.05, 4.69) is 43.5 Å². The van der Waals surface area contributed by atoms with E-state index in [0.29, 0.717) is 6.42 Å². The molecule has 0 spiro atoms. The molecule has 0 aliphatic rings. The van der Waals surface area contributed by atoms with E-state index in [0.717, 1.165) is 44.9 Å². The molecule has 0 fully saturated rings. The Kier molecular flexibility index (Phi) is 50.0. The van der Waals surface area contributed by atoms with Gasteiger partial charge >= 0.3 is 0 Å². The minimum atomic E-state index is -1.11. The van der Waals surface area contributed by atoms with Gasteiger partial charge in [-0.1, -0.05) is 281 Å². The van der Waals surface area contributed by atoms with Crippen molar-refractivity contribution < 1.29 is 20.1 Å². The van der Waals surface area contributed by atoms with Crippen molar-refractivity contribution in [1.29, 1.82) is 0 Å². The number of nitrogens with one attached hydrogen (secondary N) is 1. The van der Waals surface area contributed by atoms with Crippen molar-refractivity contribution in [3.8, 4) is 0 Å². The molecule has 5 nitrogen and oxygen atoms in total. The number of allylic oxidation sites excluding steroid dienone is 5. The molecule has 0 aromatic rings. The summed E-state index contributed by atoms with van der Waals surface area (Å²) in [6.45, 7) is 4.20. The van der Waals surface area contributed by atoms with Crippen molar-refractivity contribution in [1.82, 2.24) is 5.32 Å². The second-order valence-electron chi connectivity index (χ2n) is 18.8. The Balaban J connectivity index is 3.64. The number of unbranched alkanes of at least 4 members (excludes halogenated alkanes) is 38. The van der Waals surface area contributed by atoms with Crippen LogP contribution in [0.25, 0.3) is 0 Å². The quantitative estimate of drug-likeness (QED) is 0.0362. The van der Waals surface area contributed by atoms with Crippen LogP contribution in [0.5, 0.6) is 0 Å². The second-order valence-corrected chi connectivity index (χ2v) is 18.8. The summed E-state index contributed by atoms with van der Waals surface area (Å²) in [5.74, 6) is -0.512. The molecule has 0 saturated heterocycles. The van der Waals surface area contributed by atoms with Gasteiger partial charge in [-0.2, -0.15) is 0 Å². The van der Waals surface area contributed by atoms with Crippen LogP contribution in [0.2, 0.25) is 0 Å². The van der Waals surface area contributed by atoms with Crippen LogP contribution in [-0.2, 0) is 4.79 Å². The first-order valence-electron chi connectivity index (χ1n) is 27.3. The van der Waals surface area contributed by atoms with Crippen molar-refractivity contribution in [3.63, 3.8) is 0 Å². The van der Waals surface area contributed by atoms with Crippen molar-refractivity contribution in [2.24, 2.45) is 0 Å². The fourth-order valence-electron chi connectivity index (χ4n) is 8.46. The van der Waals surface area contributed by atoms with Gasteiger partial charge < -0.3 is 20.6 Å². The number of aliphatic hydroxyl groups is 3. The molecule has 0 aromatic carbocycles. The average Bonchev–Trinajstić information content (AvgIpc) is 3.26. The molecule has 0 saturated carbocycles. The van der Waals surface area contributed by atoms with Crippen LogP contribution in [0.15, 0.2) is 36.5 Å². The Bertz CT molecular complexity index is 947. The SMILES string of the molecule is CCCCCCCCCCCCCCCC/C=C/CC/C=C/CC/C=C/C(O)C(CO)NC(=O)C(O)CCCCCCCCCCCCCCCCCCCCCCCCC. The predicted molar refractivity (Wildman–Crippen MR) is 268 cm³/mol. The van der Waals surface area contributed by atoms with Crippen LogP contribution in [0.3, 0.4) is 0 Å². The summed E-state index contributed by atoms with van der Waals surface area (Å²) in [6, 6.07) is -0.820. The van der Waals surface area contributed by atoms with Gasteiger partial charge in [-0.05, 0) is 44.9 Å².